The summed E-state index contributed by atoms with van der Waals surface area (Å²) < 4.78 is 5.37. The number of rotatable bonds is 4. The molecule has 2 aromatic rings. The fourth-order valence-corrected chi connectivity index (χ4v) is 3.09. The van der Waals surface area contributed by atoms with Crippen LogP contribution in [0, 0.1) is 5.92 Å². The average Bonchev–Trinajstić information content (AvgIpc) is 2.91. The molecule has 4 heteroatoms. The van der Waals surface area contributed by atoms with Gasteiger partial charge in [-0.15, -0.1) is 0 Å². The van der Waals surface area contributed by atoms with Gasteiger partial charge in [0.05, 0.1) is 6.42 Å². The maximum Gasteiger partial charge on any atom is 0.224 e. The lowest BCUT2D eigenvalue weighted by molar-refractivity contribution is -0.121. The van der Waals surface area contributed by atoms with E-state index in [1.165, 1.54) is 0 Å². The SMILES string of the molecule is CC(NC(=O)Cc1c[nH]c2ccccc12)C1CCOCC1. The second kappa shape index (κ2) is 6.31. The van der Waals surface area contributed by atoms with Crippen LogP contribution in [0.25, 0.3) is 10.9 Å². The van der Waals surface area contributed by atoms with Gasteiger partial charge in [-0.1, -0.05) is 18.2 Å². The average molecular weight is 286 g/mol. The molecular formula is C17H22N2O2. The molecule has 0 radical (unpaired) electrons. The molecular weight excluding hydrogens is 264 g/mol. The van der Waals surface area contributed by atoms with Crippen molar-refractivity contribution in [2.24, 2.45) is 5.92 Å². The highest BCUT2D eigenvalue weighted by Gasteiger charge is 2.22. The lowest BCUT2D eigenvalue weighted by atomic mass is 9.93. The largest absolute Gasteiger partial charge is 0.381 e. The van der Waals surface area contributed by atoms with E-state index in [1.54, 1.807) is 0 Å². The third-order valence-corrected chi connectivity index (χ3v) is 4.39. The molecule has 1 atom stereocenters. The van der Waals surface area contributed by atoms with Gasteiger partial charge in [0, 0.05) is 36.4 Å². The highest BCUT2D eigenvalue weighted by Crippen LogP contribution is 2.20. The molecule has 1 unspecified atom stereocenters. The van der Waals surface area contributed by atoms with E-state index in [9.17, 15) is 4.79 Å². The van der Waals surface area contributed by atoms with E-state index in [-0.39, 0.29) is 11.9 Å². The van der Waals surface area contributed by atoms with Crippen molar-refractivity contribution in [2.45, 2.75) is 32.2 Å². The molecule has 21 heavy (non-hydrogen) atoms. The van der Waals surface area contributed by atoms with Gasteiger partial charge >= 0.3 is 0 Å². The Balaban J connectivity index is 1.61. The molecule has 1 aliphatic rings. The van der Waals surface area contributed by atoms with Crippen LogP contribution < -0.4 is 5.32 Å². The zero-order chi connectivity index (χ0) is 14.7. The molecule has 1 aromatic heterocycles. The van der Waals surface area contributed by atoms with Crippen molar-refractivity contribution in [3.05, 3.63) is 36.0 Å². The third kappa shape index (κ3) is 3.27. The Kier molecular flexibility index (Phi) is 4.25. The highest BCUT2D eigenvalue weighted by molar-refractivity contribution is 5.88. The zero-order valence-corrected chi connectivity index (χ0v) is 12.4. The van der Waals surface area contributed by atoms with Crippen molar-refractivity contribution < 1.29 is 9.53 Å². The van der Waals surface area contributed by atoms with Crippen LogP contribution in [0.5, 0.6) is 0 Å². The van der Waals surface area contributed by atoms with Crippen LogP contribution in [0.1, 0.15) is 25.3 Å². The number of carbonyl (C=O) groups excluding carboxylic acids is 1. The highest BCUT2D eigenvalue weighted by atomic mass is 16.5. The van der Waals surface area contributed by atoms with Crippen LogP contribution in [-0.2, 0) is 16.0 Å². The van der Waals surface area contributed by atoms with Crippen molar-refractivity contribution in [2.75, 3.05) is 13.2 Å². The minimum Gasteiger partial charge on any atom is -0.381 e. The summed E-state index contributed by atoms with van der Waals surface area (Å²) in [5.41, 5.74) is 2.14. The molecule has 112 valence electrons. The minimum absolute atomic E-state index is 0.0961. The van der Waals surface area contributed by atoms with Crippen molar-refractivity contribution in [1.82, 2.24) is 10.3 Å². The summed E-state index contributed by atoms with van der Waals surface area (Å²) >= 11 is 0. The summed E-state index contributed by atoms with van der Waals surface area (Å²) in [5.74, 6) is 0.629. The molecule has 3 rings (SSSR count). The number of H-pyrrole nitrogens is 1. The lowest BCUT2D eigenvalue weighted by Gasteiger charge is -2.28. The Hall–Kier alpha value is -1.81. The van der Waals surface area contributed by atoms with Gasteiger partial charge in [0.15, 0.2) is 0 Å². The summed E-state index contributed by atoms with van der Waals surface area (Å²) in [6.07, 6.45) is 4.43. The van der Waals surface area contributed by atoms with Gasteiger partial charge in [0.2, 0.25) is 5.91 Å². The van der Waals surface area contributed by atoms with Gasteiger partial charge in [-0.25, -0.2) is 0 Å². The maximum atomic E-state index is 12.3. The molecule has 0 spiro atoms. The predicted molar refractivity (Wildman–Crippen MR) is 83.2 cm³/mol. The number of benzene rings is 1. The third-order valence-electron chi connectivity index (χ3n) is 4.39. The number of hydrogen-bond acceptors (Lipinski definition) is 2. The number of aromatic nitrogens is 1. The quantitative estimate of drug-likeness (QED) is 0.908. The van der Waals surface area contributed by atoms with Crippen LogP contribution >= 0.6 is 0 Å². The lowest BCUT2D eigenvalue weighted by Crippen LogP contribution is -2.40. The predicted octanol–water partition coefficient (Wildman–Crippen LogP) is 2.64. The number of aromatic amines is 1. The Morgan fingerprint density at radius 1 is 1.38 bits per heavy atom. The number of fused-ring (bicyclic) bond motifs is 1. The molecule has 0 bridgehead atoms. The van der Waals surface area contributed by atoms with E-state index >= 15 is 0 Å². The minimum atomic E-state index is 0.0961. The summed E-state index contributed by atoms with van der Waals surface area (Å²) in [4.78, 5) is 15.5. The summed E-state index contributed by atoms with van der Waals surface area (Å²) in [6.45, 7) is 3.73. The first kappa shape index (κ1) is 14.1. The molecule has 1 amide bonds. The first-order chi connectivity index (χ1) is 10.2. The number of carbonyl (C=O) groups is 1. The monoisotopic (exact) mass is 286 g/mol. The standard InChI is InChI=1S/C17H22N2O2/c1-12(13-6-8-21-9-7-13)19-17(20)10-14-11-18-16-5-3-2-4-15(14)16/h2-5,11-13,18H,6-10H2,1H3,(H,19,20). The normalized spacial score (nSPS) is 17.8. The number of nitrogens with one attached hydrogen (secondary N) is 2. The van der Waals surface area contributed by atoms with Crippen LogP contribution in [0.15, 0.2) is 30.5 Å². The Morgan fingerprint density at radius 2 is 2.14 bits per heavy atom. The molecule has 1 aliphatic heterocycles. The first-order valence-corrected chi connectivity index (χ1v) is 7.66. The van der Waals surface area contributed by atoms with Crippen molar-refractivity contribution in [1.29, 1.82) is 0 Å². The van der Waals surface area contributed by atoms with E-state index in [0.29, 0.717) is 12.3 Å². The molecule has 1 saturated heterocycles. The van der Waals surface area contributed by atoms with Crippen LogP contribution in [0.4, 0.5) is 0 Å². The van der Waals surface area contributed by atoms with Crippen LogP contribution in [0.3, 0.4) is 0 Å². The summed E-state index contributed by atoms with van der Waals surface area (Å²) in [7, 11) is 0. The maximum absolute atomic E-state index is 12.3. The van der Waals surface area contributed by atoms with Crippen molar-refractivity contribution in [3.63, 3.8) is 0 Å². The molecule has 1 fully saturated rings. The van der Waals surface area contributed by atoms with Gasteiger partial charge in [-0.2, -0.15) is 0 Å². The number of amides is 1. The van der Waals surface area contributed by atoms with E-state index in [4.69, 9.17) is 4.74 Å². The van der Waals surface area contributed by atoms with E-state index < -0.39 is 0 Å². The van der Waals surface area contributed by atoms with Crippen LogP contribution in [-0.4, -0.2) is 30.1 Å². The fourth-order valence-electron chi connectivity index (χ4n) is 3.09. The number of hydrogen-bond donors (Lipinski definition) is 2. The Labute approximate surface area is 124 Å². The molecule has 1 aromatic carbocycles. The van der Waals surface area contributed by atoms with E-state index in [1.807, 2.05) is 24.4 Å². The van der Waals surface area contributed by atoms with Gasteiger partial charge in [-0.05, 0) is 37.3 Å². The molecule has 4 nitrogen and oxygen atoms in total. The summed E-state index contributed by atoms with van der Waals surface area (Å²) in [5, 5.41) is 4.28. The molecule has 2 N–H and O–H groups in total. The zero-order valence-electron chi connectivity index (χ0n) is 12.4. The Morgan fingerprint density at radius 3 is 2.95 bits per heavy atom. The van der Waals surface area contributed by atoms with Crippen molar-refractivity contribution >= 4 is 16.8 Å². The van der Waals surface area contributed by atoms with Gasteiger partial charge < -0.3 is 15.0 Å². The van der Waals surface area contributed by atoms with E-state index in [2.05, 4.69) is 23.3 Å². The second-order valence-electron chi connectivity index (χ2n) is 5.84. The molecule has 2 heterocycles. The van der Waals surface area contributed by atoms with Crippen LogP contribution in [0.2, 0.25) is 0 Å². The smallest absolute Gasteiger partial charge is 0.224 e. The topological polar surface area (TPSA) is 54.1 Å². The van der Waals surface area contributed by atoms with E-state index in [0.717, 1.165) is 42.5 Å². The summed E-state index contributed by atoms with van der Waals surface area (Å²) in [6, 6.07) is 8.29. The van der Waals surface area contributed by atoms with Crippen molar-refractivity contribution in [3.8, 4) is 0 Å². The molecule has 0 saturated carbocycles. The van der Waals surface area contributed by atoms with Gasteiger partial charge in [-0.3, -0.25) is 4.79 Å². The number of ether oxygens (including phenoxy) is 1. The van der Waals surface area contributed by atoms with Gasteiger partial charge in [0.25, 0.3) is 0 Å². The fraction of sp³-hybridized carbons (Fsp3) is 0.471. The number of para-hydroxylation sites is 1. The first-order valence-electron chi connectivity index (χ1n) is 7.66. The molecule has 0 aliphatic carbocycles. The Bertz CT molecular complexity index is 614. The van der Waals surface area contributed by atoms with Gasteiger partial charge in [0.1, 0.15) is 0 Å². The second-order valence-corrected chi connectivity index (χ2v) is 5.84.